The highest BCUT2D eigenvalue weighted by molar-refractivity contribution is 6.00. The molecule has 1 aromatic carbocycles. The fourth-order valence-corrected chi connectivity index (χ4v) is 3.93. The largest absolute Gasteiger partial charge is 0.506 e. The summed E-state index contributed by atoms with van der Waals surface area (Å²) in [5.41, 5.74) is 5.57. The Labute approximate surface area is 180 Å². The van der Waals surface area contributed by atoms with Crippen molar-refractivity contribution in [3.8, 4) is 39.4 Å². The van der Waals surface area contributed by atoms with E-state index >= 15 is 0 Å². The summed E-state index contributed by atoms with van der Waals surface area (Å²) >= 11 is 0. The topological polar surface area (TPSA) is 103 Å². The quantitative estimate of drug-likeness (QED) is 0.369. The molecule has 0 aliphatic carbocycles. The number of benzene rings is 1. The van der Waals surface area contributed by atoms with Crippen molar-refractivity contribution in [1.29, 1.82) is 0 Å². The predicted octanol–water partition coefficient (Wildman–Crippen LogP) is 5.07. The first-order valence-electron chi connectivity index (χ1n) is 9.88. The lowest BCUT2D eigenvalue weighted by Gasteiger charge is -2.03. The van der Waals surface area contributed by atoms with Crippen LogP contribution in [0.15, 0.2) is 73.4 Å². The van der Waals surface area contributed by atoms with Gasteiger partial charge in [-0.15, -0.1) is 0 Å². The Morgan fingerprint density at radius 1 is 0.812 bits per heavy atom. The molecule has 154 valence electrons. The molecular formula is C24H15FN6O. The molecule has 0 amide bonds. The van der Waals surface area contributed by atoms with E-state index in [0.29, 0.717) is 22.5 Å². The zero-order valence-electron chi connectivity index (χ0n) is 16.5. The average molecular weight is 422 g/mol. The molecule has 0 aliphatic heterocycles. The monoisotopic (exact) mass is 422 g/mol. The van der Waals surface area contributed by atoms with Gasteiger partial charge in [0.15, 0.2) is 5.65 Å². The predicted molar refractivity (Wildman–Crippen MR) is 119 cm³/mol. The van der Waals surface area contributed by atoms with Crippen LogP contribution in [-0.4, -0.2) is 35.2 Å². The highest BCUT2D eigenvalue weighted by atomic mass is 19.1. The lowest BCUT2D eigenvalue weighted by molar-refractivity contribution is 0.473. The first kappa shape index (κ1) is 18.2. The van der Waals surface area contributed by atoms with E-state index in [2.05, 4.69) is 30.1 Å². The molecule has 3 N–H and O–H groups in total. The summed E-state index contributed by atoms with van der Waals surface area (Å²) in [7, 11) is 0. The number of hydrogen-bond donors (Lipinski definition) is 3. The van der Waals surface area contributed by atoms with Gasteiger partial charge in [0.05, 0.1) is 23.6 Å². The van der Waals surface area contributed by atoms with Crippen LogP contribution >= 0.6 is 0 Å². The molecule has 0 radical (unpaired) electrons. The van der Waals surface area contributed by atoms with Crippen molar-refractivity contribution in [2.45, 2.75) is 0 Å². The van der Waals surface area contributed by atoms with Gasteiger partial charge in [-0.3, -0.25) is 15.1 Å². The van der Waals surface area contributed by atoms with Crippen LogP contribution in [0, 0.1) is 5.82 Å². The Bertz CT molecular complexity index is 1620. The van der Waals surface area contributed by atoms with Gasteiger partial charge in [-0.2, -0.15) is 5.10 Å². The van der Waals surface area contributed by atoms with Gasteiger partial charge in [0.1, 0.15) is 17.3 Å². The average Bonchev–Trinajstić information content (AvgIpc) is 3.43. The second kappa shape index (κ2) is 6.98. The third-order valence-corrected chi connectivity index (χ3v) is 5.44. The summed E-state index contributed by atoms with van der Waals surface area (Å²) in [4.78, 5) is 16.1. The normalized spacial score (nSPS) is 11.4. The number of H-pyrrole nitrogens is 2. The van der Waals surface area contributed by atoms with Crippen molar-refractivity contribution >= 4 is 21.9 Å². The van der Waals surface area contributed by atoms with E-state index < -0.39 is 0 Å². The molecule has 0 unspecified atom stereocenters. The number of nitrogens with one attached hydrogen (secondary N) is 2. The van der Waals surface area contributed by atoms with E-state index in [-0.39, 0.29) is 11.6 Å². The van der Waals surface area contributed by atoms with Crippen molar-refractivity contribution in [2.75, 3.05) is 0 Å². The Balaban J connectivity index is 1.52. The molecule has 7 nitrogen and oxygen atoms in total. The molecule has 5 aromatic heterocycles. The summed E-state index contributed by atoms with van der Waals surface area (Å²) < 4.78 is 14.4. The maximum Gasteiger partial charge on any atom is 0.155 e. The number of nitrogens with zero attached hydrogens (tertiary/aromatic N) is 4. The van der Waals surface area contributed by atoms with Gasteiger partial charge in [-0.1, -0.05) is 18.2 Å². The number of aromatic amines is 2. The number of pyridine rings is 3. The van der Waals surface area contributed by atoms with Crippen LogP contribution in [-0.2, 0) is 0 Å². The lowest BCUT2D eigenvalue weighted by atomic mass is 10.0. The molecule has 0 aliphatic rings. The number of hydrogen-bond acceptors (Lipinski definition) is 5. The van der Waals surface area contributed by atoms with E-state index in [1.165, 1.54) is 12.3 Å². The minimum atomic E-state index is -0.302. The van der Waals surface area contributed by atoms with Crippen LogP contribution in [0.3, 0.4) is 0 Å². The lowest BCUT2D eigenvalue weighted by Crippen LogP contribution is -1.85. The molecule has 0 saturated carbocycles. The number of fused-ring (bicyclic) bond motifs is 2. The number of aromatic hydroxyl groups is 1. The molecule has 0 fully saturated rings. The Hall–Kier alpha value is -4.59. The van der Waals surface area contributed by atoms with E-state index in [9.17, 15) is 9.50 Å². The van der Waals surface area contributed by atoms with Crippen LogP contribution in [0.1, 0.15) is 0 Å². The van der Waals surface area contributed by atoms with Crippen molar-refractivity contribution < 1.29 is 9.50 Å². The maximum absolute atomic E-state index is 14.4. The molecular weight excluding hydrogens is 407 g/mol. The molecule has 6 rings (SSSR count). The van der Waals surface area contributed by atoms with Crippen molar-refractivity contribution in [3.05, 3.63) is 79.3 Å². The third kappa shape index (κ3) is 2.89. The first-order chi connectivity index (χ1) is 15.7. The van der Waals surface area contributed by atoms with Gasteiger partial charge in [0.2, 0.25) is 0 Å². The summed E-state index contributed by atoms with van der Waals surface area (Å²) in [6, 6.07) is 12.2. The molecule has 32 heavy (non-hydrogen) atoms. The molecule has 5 heterocycles. The highest BCUT2D eigenvalue weighted by Crippen LogP contribution is 2.35. The molecule has 8 heteroatoms. The molecule has 0 bridgehead atoms. The van der Waals surface area contributed by atoms with Crippen LogP contribution in [0.4, 0.5) is 4.39 Å². The summed E-state index contributed by atoms with van der Waals surface area (Å²) in [6.07, 6.45) is 8.11. The van der Waals surface area contributed by atoms with Gasteiger partial charge in [-0.25, -0.2) is 9.37 Å². The first-order valence-corrected chi connectivity index (χ1v) is 9.88. The Morgan fingerprint density at radius 3 is 2.53 bits per heavy atom. The number of aromatic nitrogens is 6. The van der Waals surface area contributed by atoms with Crippen LogP contribution in [0.5, 0.6) is 5.75 Å². The Kier molecular flexibility index (Phi) is 3.97. The van der Waals surface area contributed by atoms with Crippen molar-refractivity contribution in [2.24, 2.45) is 0 Å². The highest BCUT2D eigenvalue weighted by Gasteiger charge is 2.16. The fraction of sp³-hybridized carbons (Fsp3) is 0. The number of halogens is 1. The number of rotatable bonds is 3. The smallest absolute Gasteiger partial charge is 0.155 e. The van der Waals surface area contributed by atoms with E-state index in [1.54, 1.807) is 49.1 Å². The molecule has 0 saturated heterocycles. The zero-order chi connectivity index (χ0) is 21.7. The van der Waals surface area contributed by atoms with E-state index in [1.807, 2.05) is 12.1 Å². The van der Waals surface area contributed by atoms with Gasteiger partial charge in [-0.05, 0) is 24.3 Å². The van der Waals surface area contributed by atoms with Gasteiger partial charge < -0.3 is 10.1 Å². The van der Waals surface area contributed by atoms with Gasteiger partial charge in [0.25, 0.3) is 0 Å². The maximum atomic E-state index is 14.4. The van der Waals surface area contributed by atoms with Gasteiger partial charge >= 0.3 is 0 Å². The van der Waals surface area contributed by atoms with E-state index in [0.717, 1.165) is 33.1 Å². The van der Waals surface area contributed by atoms with Crippen molar-refractivity contribution in [1.82, 2.24) is 30.1 Å². The standard InChI is InChI=1S/C24H15FN6O/c25-20-4-2-1-3-16(20)19-11-27-12-22-17(19)7-21(29-22)23-18-6-14(9-28-24(18)31-30-23)13-5-15(32)10-26-8-13/h1-12,29,32H,(H,28,30,31). The molecule has 0 spiro atoms. The summed E-state index contributed by atoms with van der Waals surface area (Å²) in [5, 5.41) is 18.8. The SMILES string of the molecule is Oc1cncc(-c2cnc3[nH]nc(-c4cc5c(-c6ccccc6F)cncc5[nH]4)c3c2)c1. The molecule has 0 atom stereocenters. The summed E-state index contributed by atoms with van der Waals surface area (Å²) in [5.74, 6) is -0.220. The second-order valence-corrected chi connectivity index (χ2v) is 7.44. The third-order valence-electron chi connectivity index (χ3n) is 5.44. The van der Waals surface area contributed by atoms with Crippen LogP contribution in [0.2, 0.25) is 0 Å². The van der Waals surface area contributed by atoms with E-state index in [4.69, 9.17) is 0 Å². The minimum absolute atomic E-state index is 0.0822. The van der Waals surface area contributed by atoms with Crippen LogP contribution in [0.25, 0.3) is 55.6 Å². The van der Waals surface area contributed by atoms with Crippen molar-refractivity contribution in [3.63, 3.8) is 0 Å². The van der Waals surface area contributed by atoms with Gasteiger partial charge in [0, 0.05) is 51.6 Å². The minimum Gasteiger partial charge on any atom is -0.506 e. The Morgan fingerprint density at radius 2 is 1.66 bits per heavy atom. The summed E-state index contributed by atoms with van der Waals surface area (Å²) in [6.45, 7) is 0. The zero-order valence-corrected chi connectivity index (χ0v) is 16.5. The fourth-order valence-electron chi connectivity index (χ4n) is 3.93. The molecule has 6 aromatic rings. The van der Waals surface area contributed by atoms with Crippen LogP contribution < -0.4 is 0 Å². The second-order valence-electron chi connectivity index (χ2n) is 7.44.